The average molecular weight is 530 g/mol. The molecule has 200 valence electrons. The molecule has 0 spiro atoms. The predicted molar refractivity (Wildman–Crippen MR) is 134 cm³/mol. The SMILES string of the molecule is COc1cccc(NC(=O)Cc2nc3n(c(=O)c2NCc2cccc(C(F)(F)F)c2)C(C(N)=O)CC3C)c1. The number of alkyl halides is 3. The number of amides is 2. The second kappa shape index (κ2) is 10.6. The van der Waals surface area contributed by atoms with Crippen LogP contribution in [0.2, 0.25) is 0 Å². The van der Waals surface area contributed by atoms with Gasteiger partial charge in [0.15, 0.2) is 0 Å². The first-order chi connectivity index (χ1) is 18.0. The summed E-state index contributed by atoms with van der Waals surface area (Å²) >= 11 is 0. The molecule has 2 heterocycles. The molecule has 1 aliphatic heterocycles. The molecule has 0 aliphatic carbocycles. The number of methoxy groups -OCH3 is 1. The Labute approximate surface area is 215 Å². The van der Waals surface area contributed by atoms with Crippen LogP contribution in [0.1, 0.15) is 47.9 Å². The molecule has 3 aromatic rings. The van der Waals surface area contributed by atoms with Crippen LogP contribution in [0.3, 0.4) is 0 Å². The number of nitrogens with one attached hydrogen (secondary N) is 2. The topological polar surface area (TPSA) is 128 Å². The fourth-order valence-corrected chi connectivity index (χ4v) is 4.45. The van der Waals surface area contributed by atoms with E-state index in [0.717, 1.165) is 12.1 Å². The number of primary amides is 1. The maximum atomic E-state index is 13.5. The monoisotopic (exact) mass is 529 g/mol. The van der Waals surface area contributed by atoms with Crippen molar-refractivity contribution in [1.82, 2.24) is 9.55 Å². The van der Waals surface area contributed by atoms with Crippen LogP contribution in [0.25, 0.3) is 0 Å². The zero-order valence-corrected chi connectivity index (χ0v) is 20.6. The van der Waals surface area contributed by atoms with Crippen molar-refractivity contribution in [1.29, 1.82) is 0 Å². The van der Waals surface area contributed by atoms with Crippen LogP contribution in [0.15, 0.2) is 53.3 Å². The second-order valence-electron chi connectivity index (χ2n) is 9.03. The Hall–Kier alpha value is -4.35. The standard InChI is InChI=1S/C26H26F3N5O4/c1-14-9-20(23(30)36)34-24(14)33-19(12-21(35)32-17-7-4-8-18(11-17)38-2)22(25(34)37)31-13-15-5-3-6-16(10-15)26(27,28)29/h3-8,10-11,14,20,31H,9,12-13H2,1-2H3,(H2,30,36)(H,32,35). The molecule has 2 unspecified atom stereocenters. The minimum atomic E-state index is -4.53. The number of fused-ring (bicyclic) bond motifs is 1. The highest BCUT2D eigenvalue weighted by molar-refractivity contribution is 5.93. The van der Waals surface area contributed by atoms with E-state index in [1.54, 1.807) is 31.2 Å². The van der Waals surface area contributed by atoms with Crippen LogP contribution in [0, 0.1) is 0 Å². The third kappa shape index (κ3) is 5.63. The van der Waals surface area contributed by atoms with Gasteiger partial charge in [0, 0.05) is 24.2 Å². The van der Waals surface area contributed by atoms with Crippen molar-refractivity contribution in [3.05, 3.63) is 81.5 Å². The largest absolute Gasteiger partial charge is 0.497 e. The molecular formula is C26H26F3N5O4. The number of aromatic nitrogens is 2. The molecule has 38 heavy (non-hydrogen) atoms. The van der Waals surface area contributed by atoms with Gasteiger partial charge < -0.3 is 21.1 Å². The summed E-state index contributed by atoms with van der Waals surface area (Å²) in [5, 5.41) is 5.57. The summed E-state index contributed by atoms with van der Waals surface area (Å²) in [5.41, 5.74) is 4.80. The lowest BCUT2D eigenvalue weighted by atomic mass is 10.1. The van der Waals surface area contributed by atoms with Crippen LogP contribution in [-0.2, 0) is 28.7 Å². The highest BCUT2D eigenvalue weighted by Gasteiger charge is 2.36. The minimum absolute atomic E-state index is 0.0905. The van der Waals surface area contributed by atoms with Crippen molar-refractivity contribution in [2.75, 3.05) is 17.7 Å². The number of anilines is 2. The zero-order valence-electron chi connectivity index (χ0n) is 20.6. The van der Waals surface area contributed by atoms with E-state index in [1.807, 2.05) is 0 Å². The fourth-order valence-electron chi connectivity index (χ4n) is 4.45. The number of hydrogen-bond acceptors (Lipinski definition) is 6. The van der Waals surface area contributed by atoms with E-state index in [2.05, 4.69) is 15.6 Å². The Morgan fingerprint density at radius 2 is 1.92 bits per heavy atom. The number of rotatable bonds is 8. The van der Waals surface area contributed by atoms with E-state index in [-0.39, 0.29) is 42.2 Å². The van der Waals surface area contributed by atoms with Gasteiger partial charge in [-0.3, -0.25) is 19.0 Å². The highest BCUT2D eigenvalue weighted by atomic mass is 19.4. The second-order valence-corrected chi connectivity index (χ2v) is 9.03. The van der Waals surface area contributed by atoms with Gasteiger partial charge in [0.1, 0.15) is 23.3 Å². The Kier molecular flexibility index (Phi) is 7.42. The number of ether oxygens (including phenoxy) is 1. The normalized spacial score (nSPS) is 16.6. The molecule has 1 aromatic heterocycles. The molecule has 2 atom stereocenters. The number of nitrogens with two attached hydrogens (primary N) is 1. The summed E-state index contributed by atoms with van der Waals surface area (Å²) in [6.07, 6.45) is -4.57. The van der Waals surface area contributed by atoms with E-state index >= 15 is 0 Å². The van der Waals surface area contributed by atoms with Crippen LogP contribution in [-0.4, -0.2) is 28.5 Å². The van der Waals surface area contributed by atoms with Crippen molar-refractivity contribution < 1.29 is 27.5 Å². The third-order valence-corrected chi connectivity index (χ3v) is 6.28. The number of carbonyl (C=O) groups excluding carboxylic acids is 2. The molecule has 0 radical (unpaired) electrons. The molecule has 4 N–H and O–H groups in total. The summed E-state index contributed by atoms with van der Waals surface area (Å²) < 4.78 is 45.8. The lowest BCUT2D eigenvalue weighted by Crippen LogP contribution is -2.35. The first-order valence-corrected chi connectivity index (χ1v) is 11.8. The Morgan fingerprint density at radius 1 is 1.18 bits per heavy atom. The number of carbonyl (C=O) groups is 2. The molecule has 2 amide bonds. The van der Waals surface area contributed by atoms with E-state index in [9.17, 15) is 27.6 Å². The first kappa shape index (κ1) is 26.7. The van der Waals surface area contributed by atoms with Crippen LogP contribution in [0.4, 0.5) is 24.5 Å². The van der Waals surface area contributed by atoms with E-state index < -0.39 is 35.2 Å². The summed E-state index contributed by atoms with van der Waals surface area (Å²) in [7, 11) is 1.49. The van der Waals surface area contributed by atoms with Gasteiger partial charge in [-0.2, -0.15) is 13.2 Å². The van der Waals surface area contributed by atoms with Crippen molar-refractivity contribution in [3.63, 3.8) is 0 Å². The van der Waals surface area contributed by atoms with E-state index in [1.165, 1.54) is 23.8 Å². The van der Waals surface area contributed by atoms with Gasteiger partial charge in [-0.05, 0) is 36.2 Å². The Morgan fingerprint density at radius 3 is 2.61 bits per heavy atom. The average Bonchev–Trinajstić information content (AvgIpc) is 3.20. The number of benzene rings is 2. The smallest absolute Gasteiger partial charge is 0.416 e. The molecule has 9 nitrogen and oxygen atoms in total. The predicted octanol–water partition coefficient (Wildman–Crippen LogP) is 3.60. The lowest BCUT2D eigenvalue weighted by Gasteiger charge is -2.17. The van der Waals surface area contributed by atoms with Gasteiger partial charge in [-0.1, -0.05) is 25.1 Å². The summed E-state index contributed by atoms with van der Waals surface area (Å²) in [5.74, 6) is -0.613. The molecule has 2 aromatic carbocycles. The van der Waals surface area contributed by atoms with E-state index in [4.69, 9.17) is 10.5 Å². The van der Waals surface area contributed by atoms with Gasteiger partial charge in [-0.15, -0.1) is 0 Å². The van der Waals surface area contributed by atoms with Crippen molar-refractivity contribution in [3.8, 4) is 5.75 Å². The van der Waals surface area contributed by atoms with Crippen LogP contribution >= 0.6 is 0 Å². The zero-order chi connectivity index (χ0) is 27.6. The molecule has 0 bridgehead atoms. The van der Waals surface area contributed by atoms with Crippen LogP contribution in [0.5, 0.6) is 5.75 Å². The Balaban J connectivity index is 1.68. The molecule has 0 saturated heterocycles. The van der Waals surface area contributed by atoms with Crippen molar-refractivity contribution >= 4 is 23.2 Å². The lowest BCUT2D eigenvalue weighted by molar-refractivity contribution is -0.137. The maximum Gasteiger partial charge on any atom is 0.416 e. The third-order valence-electron chi connectivity index (χ3n) is 6.28. The van der Waals surface area contributed by atoms with Crippen molar-refractivity contribution in [2.24, 2.45) is 5.73 Å². The number of nitrogens with zero attached hydrogens (tertiary/aromatic N) is 2. The molecule has 12 heteroatoms. The van der Waals surface area contributed by atoms with Gasteiger partial charge in [0.25, 0.3) is 5.56 Å². The summed E-state index contributed by atoms with van der Waals surface area (Å²) in [6.45, 7) is 1.64. The van der Waals surface area contributed by atoms with Crippen molar-refractivity contribution in [2.45, 2.75) is 44.4 Å². The summed E-state index contributed by atoms with van der Waals surface area (Å²) in [4.78, 5) is 43.0. The molecule has 0 fully saturated rings. The van der Waals surface area contributed by atoms with Gasteiger partial charge in [-0.25, -0.2) is 4.98 Å². The number of hydrogen-bond donors (Lipinski definition) is 3. The van der Waals surface area contributed by atoms with Crippen LogP contribution < -0.4 is 26.7 Å². The summed E-state index contributed by atoms with van der Waals surface area (Å²) in [6, 6.07) is 10.4. The van der Waals surface area contributed by atoms with Gasteiger partial charge in [0.05, 0.1) is 24.8 Å². The number of halogens is 3. The quantitative estimate of drug-likeness (QED) is 0.409. The maximum absolute atomic E-state index is 13.5. The highest BCUT2D eigenvalue weighted by Crippen LogP contribution is 2.34. The van der Waals surface area contributed by atoms with Gasteiger partial charge in [0.2, 0.25) is 11.8 Å². The first-order valence-electron chi connectivity index (χ1n) is 11.8. The fraction of sp³-hybridized carbons (Fsp3) is 0.308. The molecule has 1 aliphatic rings. The molecular weight excluding hydrogens is 503 g/mol. The molecule has 0 saturated carbocycles. The van der Waals surface area contributed by atoms with E-state index in [0.29, 0.717) is 17.3 Å². The molecule has 4 rings (SSSR count). The van der Waals surface area contributed by atoms with Gasteiger partial charge >= 0.3 is 6.18 Å². The Bertz CT molecular complexity index is 1440. The minimum Gasteiger partial charge on any atom is -0.497 e.